The fraction of sp³-hybridized carbons (Fsp3) is 0. The van der Waals surface area contributed by atoms with Crippen molar-refractivity contribution < 1.29 is 8.83 Å². The average Bonchev–Trinajstić information content (AvgIpc) is 3.88. The lowest BCUT2D eigenvalue weighted by atomic mass is 9.92. The summed E-state index contributed by atoms with van der Waals surface area (Å²) in [6, 6.07) is 67.7. The van der Waals surface area contributed by atoms with Gasteiger partial charge < -0.3 is 8.83 Å². The van der Waals surface area contributed by atoms with Gasteiger partial charge >= 0.3 is 0 Å². The Morgan fingerprint density at radius 2 is 0.862 bits per heavy atom. The van der Waals surface area contributed by atoms with Gasteiger partial charge in [-0.2, -0.15) is 0 Å². The van der Waals surface area contributed by atoms with E-state index >= 15 is 0 Å². The fourth-order valence-corrected chi connectivity index (χ4v) is 8.83. The van der Waals surface area contributed by atoms with Crippen LogP contribution in [0, 0.1) is 0 Å². The zero-order valence-electron chi connectivity index (χ0n) is 31.2. The first-order valence-corrected chi connectivity index (χ1v) is 19.6. The summed E-state index contributed by atoms with van der Waals surface area (Å²) in [7, 11) is 0. The van der Waals surface area contributed by atoms with Gasteiger partial charge in [-0.05, 0) is 65.2 Å². The van der Waals surface area contributed by atoms with Crippen molar-refractivity contribution in [2.45, 2.75) is 0 Å². The summed E-state index contributed by atoms with van der Waals surface area (Å²) in [5.74, 6) is 0. The van der Waals surface area contributed by atoms with Crippen LogP contribution in [0.3, 0.4) is 0 Å². The van der Waals surface area contributed by atoms with Crippen molar-refractivity contribution in [3.05, 3.63) is 194 Å². The summed E-state index contributed by atoms with van der Waals surface area (Å²) in [4.78, 5) is 10.9. The Labute approximate surface area is 333 Å². The quantitative estimate of drug-likeness (QED) is 0.165. The summed E-state index contributed by atoms with van der Waals surface area (Å²) < 4.78 is 12.7. The summed E-state index contributed by atoms with van der Waals surface area (Å²) >= 11 is 0. The predicted octanol–water partition coefficient (Wildman–Crippen LogP) is 14.9. The van der Waals surface area contributed by atoms with Gasteiger partial charge in [0.1, 0.15) is 22.3 Å². The molecule has 0 atom stereocenters. The van der Waals surface area contributed by atoms with Crippen LogP contribution in [0.5, 0.6) is 0 Å². The summed E-state index contributed by atoms with van der Waals surface area (Å²) in [5, 5.41) is 7.68. The van der Waals surface area contributed by atoms with Gasteiger partial charge in [-0.25, -0.2) is 9.97 Å². The van der Waals surface area contributed by atoms with Gasteiger partial charge in [0.05, 0.1) is 22.6 Å². The van der Waals surface area contributed by atoms with Crippen LogP contribution in [0.1, 0.15) is 0 Å². The Hall–Kier alpha value is -7.82. The summed E-state index contributed by atoms with van der Waals surface area (Å²) in [6.07, 6.45) is 0. The molecule has 12 aromatic rings. The van der Waals surface area contributed by atoms with E-state index < -0.39 is 0 Å². The normalized spacial score (nSPS) is 11.8. The minimum absolute atomic E-state index is 0.848. The Balaban J connectivity index is 1.10. The Kier molecular flexibility index (Phi) is 7.20. The first-order chi connectivity index (χ1) is 28.7. The van der Waals surface area contributed by atoms with Crippen LogP contribution < -0.4 is 0 Å². The van der Waals surface area contributed by atoms with Gasteiger partial charge in [-0.1, -0.05) is 146 Å². The van der Waals surface area contributed by atoms with Crippen LogP contribution in [-0.4, -0.2) is 9.97 Å². The first kappa shape index (κ1) is 32.4. The van der Waals surface area contributed by atoms with Crippen LogP contribution in [-0.2, 0) is 0 Å². The second-order valence-electron chi connectivity index (χ2n) is 14.8. The van der Waals surface area contributed by atoms with Crippen LogP contribution >= 0.6 is 0 Å². The first-order valence-electron chi connectivity index (χ1n) is 19.6. The highest BCUT2D eigenvalue weighted by molar-refractivity contribution is 6.29. The largest absolute Gasteiger partial charge is 0.456 e. The molecule has 4 nitrogen and oxygen atoms in total. The molecule has 0 bridgehead atoms. The average molecular weight is 741 g/mol. The van der Waals surface area contributed by atoms with Gasteiger partial charge in [0.25, 0.3) is 0 Å². The van der Waals surface area contributed by atoms with E-state index in [-0.39, 0.29) is 0 Å². The van der Waals surface area contributed by atoms with Gasteiger partial charge in [0.2, 0.25) is 0 Å². The third-order valence-electron chi connectivity index (χ3n) is 11.5. The zero-order valence-corrected chi connectivity index (χ0v) is 31.2. The number of furan rings is 2. The lowest BCUT2D eigenvalue weighted by Gasteiger charge is -2.15. The number of para-hydroxylation sites is 3. The van der Waals surface area contributed by atoms with Gasteiger partial charge in [-0.15, -0.1) is 0 Å². The Morgan fingerprint density at radius 1 is 0.293 bits per heavy atom. The molecule has 0 spiro atoms. The van der Waals surface area contributed by atoms with Crippen LogP contribution in [0.25, 0.3) is 122 Å². The summed E-state index contributed by atoms with van der Waals surface area (Å²) in [5.41, 5.74) is 14.6. The Bertz CT molecular complexity index is 3560. The molecule has 4 aromatic heterocycles. The number of aromatic nitrogens is 2. The van der Waals surface area contributed by atoms with Crippen LogP contribution in [0.4, 0.5) is 0 Å². The molecule has 0 aliphatic carbocycles. The minimum atomic E-state index is 0.848. The molecular weight excluding hydrogens is 709 g/mol. The molecule has 0 aliphatic heterocycles. The molecule has 58 heavy (non-hydrogen) atoms. The van der Waals surface area contributed by atoms with E-state index in [1.165, 1.54) is 0 Å². The van der Waals surface area contributed by atoms with E-state index in [9.17, 15) is 0 Å². The van der Waals surface area contributed by atoms with Crippen molar-refractivity contribution in [3.8, 4) is 56.0 Å². The standard InChI is InChI=1S/C54H32N2O2/c1-3-14-33(15-4-1)37-31-44(55-45(32-37)39-23-13-27-48-50(39)40-20-7-9-25-46(40)57-48)36-19-11-18-35(30-36)38-22-12-24-42-51-43(53(56-54(38)42)34-16-5-2-6-17-34)28-29-49-52(51)41-21-8-10-26-47(41)58-49/h1-32H. The van der Waals surface area contributed by atoms with Crippen molar-refractivity contribution >= 4 is 65.6 Å². The molecule has 4 heterocycles. The molecule has 0 aliphatic rings. The molecule has 270 valence electrons. The molecular formula is C54H32N2O2. The number of fused-ring (bicyclic) bond motifs is 10. The van der Waals surface area contributed by atoms with Crippen molar-refractivity contribution in [1.29, 1.82) is 0 Å². The van der Waals surface area contributed by atoms with E-state index in [2.05, 4.69) is 164 Å². The molecule has 0 N–H and O–H groups in total. The second-order valence-corrected chi connectivity index (χ2v) is 14.8. The number of benzene rings is 8. The van der Waals surface area contributed by atoms with Crippen molar-refractivity contribution in [2.75, 3.05) is 0 Å². The topological polar surface area (TPSA) is 52.1 Å². The van der Waals surface area contributed by atoms with Crippen molar-refractivity contribution in [2.24, 2.45) is 0 Å². The second kappa shape index (κ2) is 12.9. The lowest BCUT2D eigenvalue weighted by Crippen LogP contribution is -1.94. The molecule has 8 aromatic carbocycles. The molecule has 0 fully saturated rings. The number of hydrogen-bond acceptors (Lipinski definition) is 4. The van der Waals surface area contributed by atoms with E-state index in [1.54, 1.807) is 0 Å². The third kappa shape index (κ3) is 5.09. The van der Waals surface area contributed by atoms with Crippen molar-refractivity contribution in [1.82, 2.24) is 9.97 Å². The molecule has 4 heteroatoms. The number of pyridine rings is 2. The van der Waals surface area contributed by atoms with Crippen LogP contribution in [0.2, 0.25) is 0 Å². The van der Waals surface area contributed by atoms with E-state index in [1.807, 2.05) is 30.3 Å². The van der Waals surface area contributed by atoms with Crippen molar-refractivity contribution in [3.63, 3.8) is 0 Å². The molecule has 0 saturated carbocycles. The maximum atomic E-state index is 6.43. The maximum Gasteiger partial charge on any atom is 0.136 e. The Morgan fingerprint density at radius 3 is 1.66 bits per heavy atom. The SMILES string of the molecule is c1ccc(-c2cc(-c3cccc(-c4cccc5c4nc(-c4ccccc4)c4ccc6oc7ccccc7c6c45)c3)nc(-c3cccc4oc5ccccc5c34)c2)cc1. The molecule has 0 saturated heterocycles. The number of nitrogens with zero attached hydrogens (tertiary/aromatic N) is 2. The zero-order chi connectivity index (χ0) is 38.2. The highest BCUT2D eigenvalue weighted by atomic mass is 16.3. The molecule has 0 amide bonds. The molecule has 0 unspecified atom stereocenters. The lowest BCUT2D eigenvalue weighted by molar-refractivity contribution is 0.668. The highest BCUT2D eigenvalue weighted by Crippen LogP contribution is 2.44. The highest BCUT2D eigenvalue weighted by Gasteiger charge is 2.20. The fourth-order valence-electron chi connectivity index (χ4n) is 8.83. The number of rotatable bonds is 5. The minimum Gasteiger partial charge on any atom is -0.456 e. The van der Waals surface area contributed by atoms with E-state index in [4.69, 9.17) is 18.8 Å². The van der Waals surface area contributed by atoms with E-state index in [0.29, 0.717) is 0 Å². The molecule has 0 radical (unpaired) electrons. The smallest absolute Gasteiger partial charge is 0.136 e. The number of hydrogen-bond donors (Lipinski definition) is 0. The predicted molar refractivity (Wildman–Crippen MR) is 239 cm³/mol. The van der Waals surface area contributed by atoms with Gasteiger partial charge in [0, 0.05) is 60.0 Å². The summed E-state index contributed by atoms with van der Waals surface area (Å²) in [6.45, 7) is 0. The maximum absolute atomic E-state index is 6.43. The van der Waals surface area contributed by atoms with Gasteiger partial charge in [-0.3, -0.25) is 0 Å². The monoisotopic (exact) mass is 740 g/mol. The molecule has 12 rings (SSSR count). The van der Waals surface area contributed by atoms with E-state index in [0.717, 1.165) is 122 Å². The van der Waals surface area contributed by atoms with Crippen LogP contribution in [0.15, 0.2) is 203 Å². The third-order valence-corrected chi connectivity index (χ3v) is 11.5. The van der Waals surface area contributed by atoms with Gasteiger partial charge in [0.15, 0.2) is 0 Å².